The second-order valence-electron chi connectivity index (χ2n) is 2.38. The van der Waals surface area contributed by atoms with E-state index < -0.39 is 12.1 Å². The summed E-state index contributed by atoms with van der Waals surface area (Å²) in [5, 5.41) is 0. The lowest BCUT2D eigenvalue weighted by Crippen LogP contribution is -2.08. The van der Waals surface area contributed by atoms with E-state index in [1.54, 1.807) is 18.2 Å². The van der Waals surface area contributed by atoms with Gasteiger partial charge in [0.2, 0.25) is 6.17 Å². The van der Waals surface area contributed by atoms with Gasteiger partial charge in [-0.1, -0.05) is 36.9 Å². The molecule has 0 bridgehead atoms. The second kappa shape index (κ2) is 4.40. The van der Waals surface area contributed by atoms with Crippen molar-refractivity contribution < 1.29 is 13.9 Å². The van der Waals surface area contributed by atoms with Crippen LogP contribution in [0.25, 0.3) is 0 Å². The summed E-state index contributed by atoms with van der Waals surface area (Å²) < 4.78 is 17.5. The molecule has 1 unspecified atom stereocenters. The Morgan fingerprint density at radius 3 is 2.62 bits per heavy atom. The summed E-state index contributed by atoms with van der Waals surface area (Å²) in [4.78, 5) is 10.9. The number of alkyl halides is 1. The molecule has 0 radical (unpaired) electrons. The van der Waals surface area contributed by atoms with Crippen molar-refractivity contribution in [2.24, 2.45) is 0 Å². The van der Waals surface area contributed by atoms with Gasteiger partial charge in [0.05, 0.1) is 6.26 Å². The van der Waals surface area contributed by atoms with Crippen molar-refractivity contribution in [3.8, 4) is 0 Å². The van der Waals surface area contributed by atoms with Crippen molar-refractivity contribution in [2.45, 2.75) is 6.17 Å². The van der Waals surface area contributed by atoms with E-state index >= 15 is 0 Å². The Balaban J connectivity index is 2.73. The van der Waals surface area contributed by atoms with Crippen molar-refractivity contribution in [3.63, 3.8) is 0 Å². The molecule has 1 aromatic rings. The maximum absolute atomic E-state index is 13.2. The molecular formula is C10H9FO2. The van der Waals surface area contributed by atoms with E-state index in [0.29, 0.717) is 0 Å². The first-order chi connectivity index (χ1) is 6.25. The Bertz CT molecular complexity index is 295. The normalized spacial score (nSPS) is 11.8. The molecule has 0 aromatic heterocycles. The van der Waals surface area contributed by atoms with E-state index in [-0.39, 0.29) is 5.56 Å². The van der Waals surface area contributed by atoms with Crippen LogP contribution >= 0.6 is 0 Å². The summed E-state index contributed by atoms with van der Waals surface area (Å²) in [7, 11) is 0. The molecular weight excluding hydrogens is 171 g/mol. The minimum absolute atomic E-state index is 0.286. The molecule has 1 atom stereocenters. The predicted octanol–water partition coefficient (Wildman–Crippen LogP) is 2.38. The largest absolute Gasteiger partial charge is 0.433 e. The maximum Gasteiger partial charge on any atom is 0.350 e. The lowest BCUT2D eigenvalue weighted by molar-refractivity contribution is -0.144. The summed E-state index contributed by atoms with van der Waals surface area (Å²) in [6.45, 7) is 3.17. The fourth-order valence-corrected chi connectivity index (χ4v) is 0.900. The number of esters is 1. The molecule has 0 amide bonds. The Morgan fingerprint density at radius 2 is 2.08 bits per heavy atom. The van der Waals surface area contributed by atoms with Crippen LogP contribution in [0, 0.1) is 0 Å². The number of halogens is 1. The van der Waals surface area contributed by atoms with Crippen LogP contribution in [-0.2, 0) is 9.53 Å². The van der Waals surface area contributed by atoms with Crippen LogP contribution in [-0.4, -0.2) is 5.97 Å². The fourth-order valence-electron chi connectivity index (χ4n) is 0.900. The van der Waals surface area contributed by atoms with Crippen molar-refractivity contribution in [1.82, 2.24) is 0 Å². The number of hydrogen-bond acceptors (Lipinski definition) is 2. The van der Waals surface area contributed by atoms with Gasteiger partial charge in [-0.15, -0.1) is 0 Å². The van der Waals surface area contributed by atoms with Crippen LogP contribution in [0.3, 0.4) is 0 Å². The maximum atomic E-state index is 13.2. The van der Waals surface area contributed by atoms with E-state index in [9.17, 15) is 9.18 Å². The van der Waals surface area contributed by atoms with Gasteiger partial charge in [-0.2, -0.15) is 0 Å². The molecule has 3 heteroatoms. The fraction of sp³-hybridized carbons (Fsp3) is 0.100. The third-order valence-electron chi connectivity index (χ3n) is 1.50. The van der Waals surface area contributed by atoms with E-state index in [2.05, 4.69) is 11.3 Å². The zero-order valence-corrected chi connectivity index (χ0v) is 6.94. The molecule has 0 saturated heterocycles. The Morgan fingerprint density at radius 1 is 1.46 bits per heavy atom. The molecule has 2 nitrogen and oxygen atoms in total. The quantitative estimate of drug-likeness (QED) is 0.527. The Hall–Kier alpha value is -1.64. The van der Waals surface area contributed by atoms with Crippen molar-refractivity contribution >= 4 is 5.97 Å². The van der Waals surface area contributed by atoms with Gasteiger partial charge in [-0.3, -0.25) is 0 Å². The summed E-state index contributed by atoms with van der Waals surface area (Å²) in [5.41, 5.74) is 0.286. The summed E-state index contributed by atoms with van der Waals surface area (Å²) in [5.74, 6) is -0.943. The number of rotatable bonds is 3. The first-order valence-corrected chi connectivity index (χ1v) is 3.76. The molecule has 0 spiro atoms. The first kappa shape index (κ1) is 9.45. The third-order valence-corrected chi connectivity index (χ3v) is 1.50. The average molecular weight is 180 g/mol. The van der Waals surface area contributed by atoms with Crippen molar-refractivity contribution in [3.05, 3.63) is 48.7 Å². The zero-order chi connectivity index (χ0) is 9.68. The summed E-state index contributed by atoms with van der Waals surface area (Å²) in [6.07, 6.45) is -0.822. The predicted molar refractivity (Wildman–Crippen MR) is 46.6 cm³/mol. The number of ether oxygens (including phenoxy) is 1. The molecule has 0 aliphatic rings. The van der Waals surface area contributed by atoms with Crippen LogP contribution in [0.5, 0.6) is 0 Å². The molecule has 68 valence electrons. The number of carbonyl (C=O) groups is 1. The number of benzene rings is 1. The van der Waals surface area contributed by atoms with Gasteiger partial charge in [0.1, 0.15) is 0 Å². The number of hydrogen-bond donors (Lipinski definition) is 0. The molecule has 0 fully saturated rings. The van der Waals surface area contributed by atoms with Gasteiger partial charge in [0.15, 0.2) is 0 Å². The van der Waals surface area contributed by atoms with Crippen LogP contribution in [0.4, 0.5) is 4.39 Å². The number of carbonyl (C=O) groups excluding carboxylic acids is 1. The molecule has 1 rings (SSSR count). The standard InChI is InChI=1S/C10H9FO2/c1-2-13-10(12)9(11)8-6-4-3-5-7-8/h2-7,9H,1H2. The lowest BCUT2D eigenvalue weighted by atomic mass is 10.1. The smallest absolute Gasteiger partial charge is 0.350 e. The van der Waals surface area contributed by atoms with Gasteiger partial charge < -0.3 is 4.74 Å². The Kier molecular flexibility index (Phi) is 3.20. The van der Waals surface area contributed by atoms with Crippen LogP contribution in [0.1, 0.15) is 11.7 Å². The lowest BCUT2D eigenvalue weighted by Gasteiger charge is -2.04. The highest BCUT2D eigenvalue weighted by molar-refractivity contribution is 5.76. The Labute approximate surface area is 75.6 Å². The van der Waals surface area contributed by atoms with Gasteiger partial charge in [0, 0.05) is 0 Å². The van der Waals surface area contributed by atoms with Gasteiger partial charge in [-0.25, -0.2) is 9.18 Å². The molecule has 0 N–H and O–H groups in total. The third kappa shape index (κ3) is 2.40. The van der Waals surface area contributed by atoms with E-state index in [1.165, 1.54) is 12.1 Å². The van der Waals surface area contributed by atoms with Crippen LogP contribution in [0.2, 0.25) is 0 Å². The SMILES string of the molecule is C=COC(=O)C(F)c1ccccc1. The summed E-state index contributed by atoms with van der Waals surface area (Å²) >= 11 is 0. The monoisotopic (exact) mass is 180 g/mol. The minimum atomic E-state index is -1.74. The molecule has 1 aromatic carbocycles. The van der Waals surface area contributed by atoms with Crippen LogP contribution in [0.15, 0.2) is 43.2 Å². The minimum Gasteiger partial charge on any atom is -0.433 e. The summed E-state index contributed by atoms with van der Waals surface area (Å²) in [6, 6.07) is 8.10. The van der Waals surface area contributed by atoms with E-state index in [1.807, 2.05) is 0 Å². The van der Waals surface area contributed by atoms with E-state index in [0.717, 1.165) is 6.26 Å². The van der Waals surface area contributed by atoms with Crippen LogP contribution < -0.4 is 0 Å². The average Bonchev–Trinajstić information content (AvgIpc) is 2.18. The van der Waals surface area contributed by atoms with Gasteiger partial charge >= 0.3 is 5.97 Å². The van der Waals surface area contributed by atoms with E-state index in [4.69, 9.17) is 0 Å². The molecule has 0 aliphatic heterocycles. The topological polar surface area (TPSA) is 26.3 Å². The highest BCUT2D eigenvalue weighted by Gasteiger charge is 2.19. The van der Waals surface area contributed by atoms with Gasteiger partial charge in [-0.05, 0) is 5.56 Å². The second-order valence-corrected chi connectivity index (χ2v) is 2.38. The zero-order valence-electron chi connectivity index (χ0n) is 6.94. The molecule has 13 heavy (non-hydrogen) atoms. The first-order valence-electron chi connectivity index (χ1n) is 3.76. The van der Waals surface area contributed by atoms with Gasteiger partial charge in [0.25, 0.3) is 0 Å². The van der Waals surface area contributed by atoms with Crippen molar-refractivity contribution in [1.29, 1.82) is 0 Å². The van der Waals surface area contributed by atoms with Crippen molar-refractivity contribution in [2.75, 3.05) is 0 Å². The highest BCUT2D eigenvalue weighted by atomic mass is 19.1. The molecule has 0 aliphatic carbocycles. The highest BCUT2D eigenvalue weighted by Crippen LogP contribution is 2.18. The molecule has 0 heterocycles. The molecule has 0 saturated carbocycles.